The first kappa shape index (κ1) is 8.16. The second-order valence-corrected chi connectivity index (χ2v) is 2.97. The maximum atomic E-state index is 10.6. The molecule has 4 heteroatoms. The first-order valence-corrected chi connectivity index (χ1v) is 4.20. The Morgan fingerprint density at radius 1 is 1.38 bits per heavy atom. The summed E-state index contributed by atoms with van der Waals surface area (Å²) in [4.78, 5) is 10.6. The molecule has 1 unspecified atom stereocenters. The molecule has 1 fully saturated rings. The molecule has 2 rings (SSSR count). The van der Waals surface area contributed by atoms with Crippen molar-refractivity contribution in [2.24, 2.45) is 0 Å². The molecule has 0 spiro atoms. The summed E-state index contributed by atoms with van der Waals surface area (Å²) in [5.74, 6) is 0.277. The summed E-state index contributed by atoms with van der Waals surface area (Å²) in [5, 5.41) is 8.68. The zero-order valence-corrected chi connectivity index (χ0v) is 7.03. The lowest BCUT2D eigenvalue weighted by Gasteiger charge is -2.27. The maximum Gasteiger partial charge on any atom is 0.348 e. The molecular formula is C9H10O4. The van der Waals surface area contributed by atoms with Gasteiger partial charge in [0.15, 0.2) is 11.5 Å². The van der Waals surface area contributed by atoms with Crippen molar-refractivity contribution in [3.63, 3.8) is 0 Å². The molecule has 0 bridgehead atoms. The number of rotatable bonds is 1. The van der Waals surface area contributed by atoms with Crippen molar-refractivity contribution in [2.75, 3.05) is 6.61 Å². The van der Waals surface area contributed by atoms with Crippen LogP contribution in [-0.2, 0) is 14.3 Å². The average molecular weight is 182 g/mol. The standard InChI is InChI=1S/C9H10O4/c10-9(11)8-5-12-6-3-1-2-4-7(6)13-8/h3-4,8H,1-2,5H2,(H,10,11). The molecule has 1 heterocycles. The largest absolute Gasteiger partial charge is 0.486 e. The van der Waals surface area contributed by atoms with E-state index in [1.54, 1.807) is 0 Å². The molecule has 4 nitrogen and oxygen atoms in total. The van der Waals surface area contributed by atoms with Crippen LogP contribution in [0.25, 0.3) is 0 Å². The van der Waals surface area contributed by atoms with E-state index in [0.29, 0.717) is 11.5 Å². The van der Waals surface area contributed by atoms with Crippen LogP contribution in [0, 0.1) is 0 Å². The molecule has 1 atom stereocenters. The number of allylic oxidation sites excluding steroid dienone is 2. The molecule has 13 heavy (non-hydrogen) atoms. The van der Waals surface area contributed by atoms with Crippen LogP contribution in [0.2, 0.25) is 0 Å². The molecule has 1 aliphatic heterocycles. The Morgan fingerprint density at radius 2 is 2.08 bits per heavy atom. The second kappa shape index (κ2) is 3.12. The summed E-state index contributed by atoms with van der Waals surface area (Å²) in [5.41, 5.74) is 0. The zero-order valence-electron chi connectivity index (χ0n) is 7.03. The Kier molecular flexibility index (Phi) is 1.96. The quantitative estimate of drug-likeness (QED) is 0.658. The third kappa shape index (κ3) is 1.52. The van der Waals surface area contributed by atoms with Gasteiger partial charge in [-0.2, -0.15) is 0 Å². The number of aliphatic carboxylic acids is 1. The van der Waals surface area contributed by atoms with Crippen LogP contribution in [0.5, 0.6) is 0 Å². The van der Waals surface area contributed by atoms with Crippen LogP contribution >= 0.6 is 0 Å². The highest BCUT2D eigenvalue weighted by atomic mass is 16.6. The van der Waals surface area contributed by atoms with Gasteiger partial charge in [0.2, 0.25) is 6.10 Å². The molecule has 70 valence electrons. The number of carboxylic acids is 1. The van der Waals surface area contributed by atoms with Crippen molar-refractivity contribution in [1.82, 2.24) is 0 Å². The Hall–Kier alpha value is -1.45. The molecular weight excluding hydrogens is 172 g/mol. The number of ether oxygens (including phenoxy) is 2. The van der Waals surface area contributed by atoms with Crippen LogP contribution in [0.1, 0.15) is 12.8 Å². The highest BCUT2D eigenvalue weighted by Crippen LogP contribution is 2.26. The van der Waals surface area contributed by atoms with E-state index in [4.69, 9.17) is 14.6 Å². The molecule has 0 amide bonds. The third-order valence-electron chi connectivity index (χ3n) is 2.00. The molecule has 1 aliphatic carbocycles. The highest BCUT2D eigenvalue weighted by Gasteiger charge is 2.29. The van der Waals surface area contributed by atoms with Crippen LogP contribution in [0.3, 0.4) is 0 Å². The van der Waals surface area contributed by atoms with Gasteiger partial charge in [0, 0.05) is 0 Å². The van der Waals surface area contributed by atoms with E-state index in [-0.39, 0.29) is 6.61 Å². The molecule has 0 radical (unpaired) electrons. The van der Waals surface area contributed by atoms with E-state index in [2.05, 4.69) is 0 Å². The average Bonchev–Trinajstić information content (AvgIpc) is 2.17. The van der Waals surface area contributed by atoms with E-state index in [1.807, 2.05) is 12.2 Å². The minimum atomic E-state index is -0.981. The number of fused-ring (bicyclic) bond motifs is 1. The Bertz CT molecular complexity index is 290. The summed E-state index contributed by atoms with van der Waals surface area (Å²) in [6.07, 6.45) is 4.74. The van der Waals surface area contributed by atoms with Gasteiger partial charge in [-0.3, -0.25) is 0 Å². The Labute approximate surface area is 75.5 Å². The highest BCUT2D eigenvalue weighted by molar-refractivity contribution is 5.73. The Morgan fingerprint density at radius 3 is 2.77 bits per heavy atom. The van der Waals surface area contributed by atoms with E-state index >= 15 is 0 Å². The third-order valence-corrected chi connectivity index (χ3v) is 2.00. The van der Waals surface area contributed by atoms with Crippen molar-refractivity contribution in [1.29, 1.82) is 0 Å². The van der Waals surface area contributed by atoms with Crippen LogP contribution in [0.4, 0.5) is 0 Å². The van der Waals surface area contributed by atoms with Gasteiger partial charge in [-0.05, 0) is 25.0 Å². The lowest BCUT2D eigenvalue weighted by molar-refractivity contribution is -0.153. The van der Waals surface area contributed by atoms with Gasteiger partial charge in [-0.15, -0.1) is 0 Å². The maximum absolute atomic E-state index is 10.6. The zero-order chi connectivity index (χ0) is 9.26. The first-order valence-electron chi connectivity index (χ1n) is 4.20. The fraction of sp³-hybridized carbons (Fsp3) is 0.444. The SMILES string of the molecule is O=C(O)C1COC2=CCCC=C2O1. The topological polar surface area (TPSA) is 55.8 Å². The second-order valence-electron chi connectivity index (χ2n) is 2.97. The molecule has 1 N–H and O–H groups in total. The van der Waals surface area contributed by atoms with Crippen molar-refractivity contribution < 1.29 is 19.4 Å². The number of hydrogen-bond donors (Lipinski definition) is 1. The van der Waals surface area contributed by atoms with Gasteiger partial charge in [-0.25, -0.2) is 4.79 Å². The fourth-order valence-electron chi connectivity index (χ4n) is 1.34. The first-order chi connectivity index (χ1) is 6.27. The summed E-state index contributed by atoms with van der Waals surface area (Å²) in [7, 11) is 0. The Balaban J connectivity index is 2.12. The molecule has 0 aromatic heterocycles. The lowest BCUT2D eigenvalue weighted by atomic mass is 10.1. The molecule has 0 aromatic carbocycles. The number of carboxylic acid groups (broad SMARTS) is 1. The summed E-state index contributed by atoms with van der Waals surface area (Å²) >= 11 is 0. The summed E-state index contributed by atoms with van der Waals surface area (Å²) in [6, 6.07) is 0. The van der Waals surface area contributed by atoms with Gasteiger partial charge in [-0.1, -0.05) is 0 Å². The minimum absolute atomic E-state index is 0.0957. The van der Waals surface area contributed by atoms with Crippen LogP contribution in [-0.4, -0.2) is 23.8 Å². The molecule has 0 saturated carbocycles. The van der Waals surface area contributed by atoms with Crippen molar-refractivity contribution in [2.45, 2.75) is 18.9 Å². The van der Waals surface area contributed by atoms with Crippen molar-refractivity contribution in [3.8, 4) is 0 Å². The number of hydrogen-bond acceptors (Lipinski definition) is 3. The van der Waals surface area contributed by atoms with E-state index in [1.165, 1.54) is 0 Å². The van der Waals surface area contributed by atoms with Crippen molar-refractivity contribution >= 4 is 5.97 Å². The van der Waals surface area contributed by atoms with E-state index in [9.17, 15) is 4.79 Å². The van der Waals surface area contributed by atoms with E-state index in [0.717, 1.165) is 12.8 Å². The normalized spacial score (nSPS) is 26.0. The van der Waals surface area contributed by atoms with Crippen molar-refractivity contribution in [3.05, 3.63) is 23.7 Å². The van der Waals surface area contributed by atoms with E-state index < -0.39 is 12.1 Å². The predicted octanol–water partition coefficient (Wildman–Crippen LogP) is 1.05. The molecule has 0 aromatic rings. The van der Waals surface area contributed by atoms with Crippen LogP contribution < -0.4 is 0 Å². The smallest absolute Gasteiger partial charge is 0.348 e. The predicted molar refractivity (Wildman–Crippen MR) is 43.9 cm³/mol. The van der Waals surface area contributed by atoms with Gasteiger partial charge < -0.3 is 14.6 Å². The van der Waals surface area contributed by atoms with Gasteiger partial charge in [0.25, 0.3) is 0 Å². The number of carbonyl (C=O) groups is 1. The monoisotopic (exact) mass is 182 g/mol. The van der Waals surface area contributed by atoms with Gasteiger partial charge >= 0.3 is 5.97 Å². The van der Waals surface area contributed by atoms with Gasteiger partial charge in [0.05, 0.1) is 0 Å². The molecule has 2 aliphatic rings. The summed E-state index contributed by atoms with van der Waals surface area (Å²) < 4.78 is 10.5. The van der Waals surface area contributed by atoms with Crippen LogP contribution in [0.15, 0.2) is 23.7 Å². The minimum Gasteiger partial charge on any atom is -0.486 e. The fourth-order valence-corrected chi connectivity index (χ4v) is 1.34. The summed E-state index contributed by atoms with van der Waals surface area (Å²) in [6.45, 7) is 0.0957. The lowest BCUT2D eigenvalue weighted by Crippen LogP contribution is -2.33. The molecule has 1 saturated heterocycles. The van der Waals surface area contributed by atoms with Gasteiger partial charge in [0.1, 0.15) is 6.61 Å².